The molecule has 0 amide bonds. The Labute approximate surface area is 173 Å². The summed E-state index contributed by atoms with van der Waals surface area (Å²) in [4.78, 5) is 0. The normalized spacial score (nSPS) is 19.2. The fraction of sp³-hybridized carbons (Fsp3) is 0.417. The molecule has 2 fully saturated rings. The van der Waals surface area contributed by atoms with Gasteiger partial charge < -0.3 is 13.8 Å². The minimum absolute atomic E-state index is 0. The molecule has 0 N–H and O–H groups in total. The molecule has 2 aromatic rings. The quantitative estimate of drug-likeness (QED) is 0.308. The van der Waals surface area contributed by atoms with Crippen LogP contribution in [0.3, 0.4) is 0 Å². The van der Waals surface area contributed by atoms with E-state index in [9.17, 15) is 0 Å². The van der Waals surface area contributed by atoms with Gasteiger partial charge in [-0.25, -0.2) is 0 Å². The first-order valence-electron chi connectivity index (χ1n) is 9.57. The first kappa shape index (κ1) is 23.4. The summed E-state index contributed by atoms with van der Waals surface area (Å²) < 4.78 is 0. The van der Waals surface area contributed by atoms with Crippen LogP contribution in [0.4, 0.5) is 0 Å². The summed E-state index contributed by atoms with van der Waals surface area (Å²) >= 11 is 0. The van der Waals surface area contributed by atoms with E-state index >= 15 is 0 Å². The van der Waals surface area contributed by atoms with Crippen molar-refractivity contribution in [2.45, 2.75) is 57.5 Å². The molecule has 0 heterocycles. The van der Waals surface area contributed by atoms with Crippen LogP contribution in [0.15, 0.2) is 60.7 Å². The molecule has 0 aromatic heterocycles. The average Bonchev–Trinajstić information content (AvgIpc) is 3.32. The molecule has 2 aromatic carbocycles. The van der Waals surface area contributed by atoms with Crippen molar-refractivity contribution < 1.29 is 17.1 Å². The molecule has 1 atom stereocenters. The van der Waals surface area contributed by atoms with Gasteiger partial charge in [-0.1, -0.05) is 114 Å². The molecular weight excluding hydrogens is 375 g/mol. The molecule has 0 saturated heterocycles. The van der Waals surface area contributed by atoms with Gasteiger partial charge in [0, 0.05) is 0 Å². The fourth-order valence-corrected chi connectivity index (χ4v) is 6.68. The van der Waals surface area contributed by atoms with Gasteiger partial charge in [-0.3, -0.25) is 0 Å². The molecule has 2 saturated carbocycles. The summed E-state index contributed by atoms with van der Waals surface area (Å²) in [6.07, 6.45) is 12.5. The van der Waals surface area contributed by atoms with Gasteiger partial charge in [0.2, 0.25) is 0 Å². The van der Waals surface area contributed by atoms with Crippen LogP contribution >= 0.6 is 7.92 Å². The minimum atomic E-state index is -0.208. The third-order valence-electron chi connectivity index (χ3n) is 5.19. The summed E-state index contributed by atoms with van der Waals surface area (Å²) in [5.41, 5.74) is 0.768. The second-order valence-electron chi connectivity index (χ2n) is 7.16. The van der Waals surface area contributed by atoms with E-state index in [0.717, 1.165) is 11.6 Å². The zero-order valence-electron chi connectivity index (χ0n) is 16.3. The standard InChI is InChI=1S/C17H18P.C6H12.CH3.Fe/c1-3-9-15(10-4-1)18(17-13-7-8-14-17)16-11-5-2-6-12-16;1-6-4-2-3-5-6;;/h1-6,9-13,17H,7-8,14H2;6H,2-5H2,1H3;1H3;/q-1;;-1;+2. The van der Waals surface area contributed by atoms with Crippen LogP contribution in [0.2, 0.25) is 0 Å². The molecule has 26 heavy (non-hydrogen) atoms. The van der Waals surface area contributed by atoms with Crippen molar-refractivity contribution in [1.29, 1.82) is 0 Å². The zero-order valence-corrected chi connectivity index (χ0v) is 18.3. The van der Waals surface area contributed by atoms with E-state index in [1.807, 2.05) is 0 Å². The van der Waals surface area contributed by atoms with E-state index < -0.39 is 0 Å². The Kier molecular flexibility index (Phi) is 11.5. The van der Waals surface area contributed by atoms with E-state index in [2.05, 4.69) is 74.0 Å². The van der Waals surface area contributed by atoms with Gasteiger partial charge in [0.1, 0.15) is 0 Å². The van der Waals surface area contributed by atoms with Crippen molar-refractivity contribution in [2.24, 2.45) is 5.92 Å². The van der Waals surface area contributed by atoms with E-state index in [4.69, 9.17) is 0 Å². The predicted octanol–water partition coefficient (Wildman–Crippen LogP) is 6.52. The van der Waals surface area contributed by atoms with Crippen molar-refractivity contribution in [2.75, 3.05) is 0 Å². The largest absolute Gasteiger partial charge is 2.00 e. The molecule has 4 rings (SSSR count). The molecule has 0 radical (unpaired) electrons. The summed E-state index contributed by atoms with van der Waals surface area (Å²) in [5, 5.41) is 3.03. The van der Waals surface area contributed by atoms with Crippen LogP contribution in [0.25, 0.3) is 0 Å². The SMILES string of the molecule is CC1CCCC1.[CH3-].[Fe+2].c1ccc(P(c2ccccc2)C2[CH-]CCC2)cc1. The maximum atomic E-state index is 2.55. The number of hydrogen-bond acceptors (Lipinski definition) is 0. The Morgan fingerprint density at radius 1 is 0.769 bits per heavy atom. The van der Waals surface area contributed by atoms with Crippen molar-refractivity contribution in [3.05, 3.63) is 74.5 Å². The average molecular weight is 408 g/mol. The zero-order chi connectivity index (χ0) is 16.6. The molecule has 142 valence electrons. The molecule has 0 nitrogen and oxygen atoms in total. The second-order valence-corrected chi connectivity index (χ2v) is 9.60. The van der Waals surface area contributed by atoms with Gasteiger partial charge in [0.05, 0.1) is 0 Å². The Balaban J connectivity index is 0.000000364. The molecule has 0 spiro atoms. The number of benzene rings is 2. The number of hydrogen-bond donors (Lipinski definition) is 0. The topological polar surface area (TPSA) is 0 Å². The summed E-state index contributed by atoms with van der Waals surface area (Å²) in [5.74, 6) is 1.05. The second kappa shape index (κ2) is 12.7. The minimum Gasteiger partial charge on any atom is -0.358 e. The van der Waals surface area contributed by atoms with Gasteiger partial charge in [-0.15, -0.1) is 5.66 Å². The Morgan fingerprint density at radius 2 is 1.27 bits per heavy atom. The first-order chi connectivity index (χ1) is 11.8. The van der Waals surface area contributed by atoms with E-state index in [1.54, 1.807) is 0 Å². The smallest absolute Gasteiger partial charge is 0.358 e. The van der Waals surface area contributed by atoms with Gasteiger partial charge in [0.25, 0.3) is 0 Å². The molecule has 0 aliphatic heterocycles. The third kappa shape index (κ3) is 6.84. The molecule has 2 aliphatic carbocycles. The Bertz CT molecular complexity index is 532. The molecule has 2 heteroatoms. The van der Waals surface area contributed by atoms with E-state index in [0.29, 0.717) is 0 Å². The molecule has 1 unspecified atom stereocenters. The van der Waals surface area contributed by atoms with Gasteiger partial charge in [0.15, 0.2) is 0 Å². The van der Waals surface area contributed by atoms with Crippen molar-refractivity contribution in [3.8, 4) is 0 Å². The maximum absolute atomic E-state index is 2.55. The fourth-order valence-electron chi connectivity index (χ4n) is 3.83. The summed E-state index contributed by atoms with van der Waals surface area (Å²) in [7, 11) is -0.208. The summed E-state index contributed by atoms with van der Waals surface area (Å²) in [6.45, 7) is 2.34. The predicted molar refractivity (Wildman–Crippen MR) is 115 cm³/mol. The molecule has 0 bridgehead atoms. The van der Waals surface area contributed by atoms with Gasteiger partial charge in [-0.05, 0) is 16.5 Å². The van der Waals surface area contributed by atoms with Crippen molar-refractivity contribution in [3.63, 3.8) is 0 Å². The third-order valence-corrected chi connectivity index (χ3v) is 8.03. The van der Waals surface area contributed by atoms with Crippen LogP contribution in [-0.2, 0) is 17.1 Å². The van der Waals surface area contributed by atoms with Crippen LogP contribution < -0.4 is 10.6 Å². The van der Waals surface area contributed by atoms with Gasteiger partial charge in [-0.2, -0.15) is 6.42 Å². The Hall–Kier alpha value is -0.611. The van der Waals surface area contributed by atoms with Crippen LogP contribution in [0, 0.1) is 19.8 Å². The monoisotopic (exact) mass is 408 g/mol. The van der Waals surface area contributed by atoms with E-state index in [-0.39, 0.29) is 32.4 Å². The molecule has 2 aliphatic rings. The van der Waals surface area contributed by atoms with Crippen LogP contribution in [0.5, 0.6) is 0 Å². The number of rotatable bonds is 3. The maximum Gasteiger partial charge on any atom is 2.00 e. The van der Waals surface area contributed by atoms with E-state index in [1.165, 1.54) is 55.6 Å². The van der Waals surface area contributed by atoms with Crippen LogP contribution in [0.1, 0.15) is 51.9 Å². The van der Waals surface area contributed by atoms with Crippen LogP contribution in [-0.4, -0.2) is 5.66 Å². The van der Waals surface area contributed by atoms with Gasteiger partial charge >= 0.3 is 17.1 Å². The first-order valence-corrected chi connectivity index (χ1v) is 11.0. The Morgan fingerprint density at radius 3 is 1.62 bits per heavy atom. The molecular formula is C24H33FeP. The summed E-state index contributed by atoms with van der Waals surface area (Å²) in [6, 6.07) is 22.1. The van der Waals surface area contributed by atoms with Crippen molar-refractivity contribution in [1.82, 2.24) is 0 Å². The van der Waals surface area contributed by atoms with Crippen molar-refractivity contribution >= 4 is 18.5 Å².